The van der Waals surface area contributed by atoms with E-state index in [1.54, 1.807) is 0 Å². The monoisotopic (exact) mass is 843 g/mol. The first kappa shape index (κ1) is 38.8. The minimum absolute atomic E-state index is 0.534. The second-order valence-electron chi connectivity index (χ2n) is 17.0. The number of nitrogens with zero attached hydrogens (tertiary/aromatic N) is 5. The molecule has 12 aromatic rings. The highest BCUT2D eigenvalue weighted by atomic mass is 15.0. The Labute approximate surface area is 382 Å². The van der Waals surface area contributed by atoms with Crippen LogP contribution in [0.3, 0.4) is 0 Å². The standard InChI is InChI=1S/C61H41N5/c1-39-31-40(2)64-61(63-39)49-36-59(65-55-32-45(41-15-7-3-8-16-41)23-27-50(55)51-28-24-46(33-56(51)65)42-17-9-4-10-18-42)54(38-62)60(37-49)66-57-34-47(43-19-11-5-12-20-43)25-29-52(57)53-30-26-48(35-58(53)66)44-21-13-6-14-22-44/h3-37H,1-2H3. The maximum atomic E-state index is 11.9. The maximum Gasteiger partial charge on any atom is 0.159 e. The summed E-state index contributed by atoms with van der Waals surface area (Å²) < 4.78 is 4.60. The molecular weight excluding hydrogens is 803 g/mol. The average molecular weight is 844 g/mol. The number of hydrogen-bond donors (Lipinski definition) is 0. The fourth-order valence-electron chi connectivity index (χ4n) is 9.86. The van der Waals surface area contributed by atoms with Gasteiger partial charge < -0.3 is 9.13 Å². The molecule has 0 bridgehead atoms. The lowest BCUT2D eigenvalue weighted by atomic mass is 10.0. The average Bonchev–Trinajstić information content (AvgIpc) is 3.87. The highest BCUT2D eigenvalue weighted by molar-refractivity contribution is 6.13. The summed E-state index contributed by atoms with van der Waals surface area (Å²) in [5.74, 6) is 0.603. The fraction of sp³-hybridized carbons (Fsp3) is 0.0328. The van der Waals surface area contributed by atoms with Gasteiger partial charge in [-0.2, -0.15) is 5.26 Å². The van der Waals surface area contributed by atoms with E-state index in [-0.39, 0.29) is 0 Å². The summed E-state index contributed by atoms with van der Waals surface area (Å²) in [7, 11) is 0. The normalized spacial score (nSPS) is 11.5. The van der Waals surface area contributed by atoms with Crippen molar-refractivity contribution in [2.24, 2.45) is 0 Å². The van der Waals surface area contributed by atoms with Gasteiger partial charge in [0.25, 0.3) is 0 Å². The molecule has 3 aromatic heterocycles. The number of rotatable bonds is 7. The molecule has 0 amide bonds. The maximum absolute atomic E-state index is 11.9. The van der Waals surface area contributed by atoms with E-state index < -0.39 is 0 Å². The number of fused-ring (bicyclic) bond motifs is 6. The molecule has 66 heavy (non-hydrogen) atoms. The van der Waals surface area contributed by atoms with Crippen LogP contribution >= 0.6 is 0 Å². The Morgan fingerprint density at radius 2 is 0.636 bits per heavy atom. The third-order valence-electron chi connectivity index (χ3n) is 12.9. The molecule has 0 radical (unpaired) electrons. The van der Waals surface area contributed by atoms with Gasteiger partial charge in [0.1, 0.15) is 11.6 Å². The first-order valence-electron chi connectivity index (χ1n) is 22.3. The van der Waals surface area contributed by atoms with Crippen molar-refractivity contribution in [1.29, 1.82) is 5.26 Å². The highest BCUT2D eigenvalue weighted by Gasteiger charge is 2.24. The molecule has 12 rings (SSSR count). The predicted octanol–water partition coefficient (Wildman–Crippen LogP) is 15.5. The molecule has 0 aliphatic carbocycles. The molecule has 5 nitrogen and oxygen atoms in total. The molecule has 0 saturated heterocycles. The van der Waals surface area contributed by atoms with Crippen LogP contribution in [-0.2, 0) is 0 Å². The van der Waals surface area contributed by atoms with Gasteiger partial charge in [-0.25, -0.2) is 9.97 Å². The summed E-state index contributed by atoms with van der Waals surface area (Å²) in [6.45, 7) is 4.02. The van der Waals surface area contributed by atoms with Crippen LogP contribution in [0.4, 0.5) is 0 Å². The van der Waals surface area contributed by atoms with Crippen molar-refractivity contribution in [3.8, 4) is 73.3 Å². The van der Waals surface area contributed by atoms with Crippen LogP contribution < -0.4 is 0 Å². The van der Waals surface area contributed by atoms with E-state index in [4.69, 9.17) is 9.97 Å². The Balaban J connectivity index is 1.24. The van der Waals surface area contributed by atoms with Crippen molar-refractivity contribution in [3.05, 3.63) is 229 Å². The molecule has 0 saturated carbocycles. The molecule has 0 aliphatic heterocycles. The minimum Gasteiger partial charge on any atom is -0.308 e. The quantitative estimate of drug-likeness (QED) is 0.161. The lowest BCUT2D eigenvalue weighted by molar-refractivity contribution is 1.05. The van der Waals surface area contributed by atoms with Gasteiger partial charge in [0.05, 0.1) is 33.4 Å². The van der Waals surface area contributed by atoms with Crippen LogP contribution in [0.1, 0.15) is 17.0 Å². The van der Waals surface area contributed by atoms with E-state index in [1.807, 2.05) is 44.2 Å². The van der Waals surface area contributed by atoms with Crippen LogP contribution in [0, 0.1) is 25.2 Å². The smallest absolute Gasteiger partial charge is 0.159 e. The van der Waals surface area contributed by atoms with Gasteiger partial charge in [-0.15, -0.1) is 0 Å². The van der Waals surface area contributed by atoms with Crippen molar-refractivity contribution < 1.29 is 0 Å². The van der Waals surface area contributed by atoms with Gasteiger partial charge in [-0.05, 0) is 101 Å². The Hall–Kier alpha value is -8.85. The zero-order chi connectivity index (χ0) is 44.3. The van der Waals surface area contributed by atoms with Crippen molar-refractivity contribution in [2.75, 3.05) is 0 Å². The van der Waals surface area contributed by atoms with Crippen molar-refractivity contribution in [2.45, 2.75) is 13.8 Å². The Bertz CT molecular complexity index is 3440. The molecule has 0 spiro atoms. The van der Waals surface area contributed by atoms with Crippen molar-refractivity contribution >= 4 is 43.6 Å². The van der Waals surface area contributed by atoms with Gasteiger partial charge in [0.15, 0.2) is 5.82 Å². The van der Waals surface area contributed by atoms with E-state index in [1.165, 1.54) is 0 Å². The SMILES string of the molecule is Cc1cc(C)nc(-c2cc(-n3c4cc(-c5ccccc5)ccc4c4ccc(-c5ccccc5)cc43)c(C#N)c(-n3c4cc(-c5ccccc5)ccc4c4ccc(-c5ccccc5)cc43)c2)n1. The lowest BCUT2D eigenvalue weighted by Crippen LogP contribution is -2.06. The highest BCUT2D eigenvalue weighted by Crippen LogP contribution is 2.43. The molecule has 0 fully saturated rings. The van der Waals surface area contributed by atoms with Gasteiger partial charge in [-0.3, -0.25) is 0 Å². The summed E-state index contributed by atoms with van der Waals surface area (Å²) in [4.78, 5) is 10.1. The molecule has 5 heteroatoms. The van der Waals surface area contributed by atoms with Gasteiger partial charge in [-0.1, -0.05) is 170 Å². The molecule has 0 atom stereocenters. The summed E-state index contributed by atoms with van der Waals surface area (Å²) in [5.41, 5.74) is 17.4. The van der Waals surface area contributed by atoms with Crippen molar-refractivity contribution in [1.82, 2.24) is 19.1 Å². The topological polar surface area (TPSA) is 59.4 Å². The summed E-state index contributed by atoms with van der Waals surface area (Å²) in [6, 6.07) is 77.8. The molecular formula is C61H41N5. The van der Waals surface area contributed by atoms with Crippen molar-refractivity contribution in [3.63, 3.8) is 0 Å². The second kappa shape index (κ2) is 15.7. The Kier molecular flexibility index (Phi) is 9.25. The number of aryl methyl sites for hydroxylation is 2. The number of benzene rings is 9. The number of nitriles is 1. The van der Waals surface area contributed by atoms with Crippen LogP contribution in [-0.4, -0.2) is 19.1 Å². The molecule has 0 N–H and O–H groups in total. The summed E-state index contributed by atoms with van der Waals surface area (Å²) in [5, 5.41) is 16.2. The second-order valence-corrected chi connectivity index (χ2v) is 17.0. The van der Waals surface area contributed by atoms with Gasteiger partial charge in [0, 0.05) is 38.5 Å². The summed E-state index contributed by atoms with van der Waals surface area (Å²) >= 11 is 0. The number of aromatic nitrogens is 4. The van der Waals surface area contributed by atoms with Crippen LogP contribution in [0.25, 0.3) is 111 Å². The fourth-order valence-corrected chi connectivity index (χ4v) is 9.86. The third-order valence-corrected chi connectivity index (χ3v) is 12.9. The van der Waals surface area contributed by atoms with E-state index in [2.05, 4.69) is 197 Å². The van der Waals surface area contributed by atoms with E-state index in [0.717, 1.165) is 116 Å². The molecule has 3 heterocycles. The van der Waals surface area contributed by atoms with E-state index in [9.17, 15) is 5.26 Å². The largest absolute Gasteiger partial charge is 0.308 e. The number of hydrogen-bond acceptors (Lipinski definition) is 3. The zero-order valence-corrected chi connectivity index (χ0v) is 36.4. The first-order chi connectivity index (χ1) is 32.5. The molecule has 310 valence electrons. The van der Waals surface area contributed by atoms with E-state index in [0.29, 0.717) is 11.4 Å². The van der Waals surface area contributed by atoms with E-state index >= 15 is 0 Å². The minimum atomic E-state index is 0.534. The summed E-state index contributed by atoms with van der Waals surface area (Å²) in [6.07, 6.45) is 0. The predicted molar refractivity (Wildman–Crippen MR) is 272 cm³/mol. The zero-order valence-electron chi connectivity index (χ0n) is 36.4. The molecule has 9 aromatic carbocycles. The van der Waals surface area contributed by atoms with Gasteiger partial charge in [0.2, 0.25) is 0 Å². The van der Waals surface area contributed by atoms with Crippen LogP contribution in [0.15, 0.2) is 212 Å². The Morgan fingerprint density at radius 1 is 0.333 bits per heavy atom. The third kappa shape index (κ3) is 6.55. The van der Waals surface area contributed by atoms with Crippen LogP contribution in [0.2, 0.25) is 0 Å². The Morgan fingerprint density at radius 3 is 0.924 bits per heavy atom. The molecule has 0 aliphatic rings. The first-order valence-corrected chi connectivity index (χ1v) is 22.3. The van der Waals surface area contributed by atoms with Gasteiger partial charge >= 0.3 is 0 Å². The van der Waals surface area contributed by atoms with Crippen LogP contribution in [0.5, 0.6) is 0 Å². The lowest BCUT2D eigenvalue weighted by Gasteiger charge is -2.19. The molecule has 0 unspecified atom stereocenters.